The first-order valence-electron chi connectivity index (χ1n) is 9.85. The van der Waals surface area contributed by atoms with Crippen molar-refractivity contribution in [3.8, 4) is 5.69 Å². The van der Waals surface area contributed by atoms with Crippen molar-refractivity contribution in [2.75, 3.05) is 5.32 Å². The van der Waals surface area contributed by atoms with E-state index in [2.05, 4.69) is 5.32 Å². The van der Waals surface area contributed by atoms with Crippen molar-refractivity contribution >= 4 is 57.5 Å². The van der Waals surface area contributed by atoms with Gasteiger partial charge in [0, 0.05) is 15.7 Å². The van der Waals surface area contributed by atoms with Crippen molar-refractivity contribution in [3.63, 3.8) is 0 Å². The fourth-order valence-corrected chi connectivity index (χ4v) is 4.54. The molecule has 0 spiro atoms. The lowest BCUT2D eigenvalue weighted by molar-refractivity contribution is -0.115. The summed E-state index contributed by atoms with van der Waals surface area (Å²) >= 11 is 13.5. The molecule has 1 amide bonds. The lowest BCUT2D eigenvalue weighted by Crippen LogP contribution is -2.26. The molecule has 0 aliphatic rings. The zero-order chi connectivity index (χ0) is 22.8. The van der Waals surface area contributed by atoms with Gasteiger partial charge in [0.25, 0.3) is 5.56 Å². The van der Waals surface area contributed by atoms with Gasteiger partial charge < -0.3 is 5.32 Å². The molecule has 8 heteroatoms. The molecule has 1 N–H and O–H groups in total. The number of carbonyl (C=O) groups excluding carboxylic acids is 1. The minimum absolute atomic E-state index is 0.217. The first-order chi connectivity index (χ1) is 15.3. The number of hydrogen-bond donors (Lipinski definition) is 1. The zero-order valence-corrected chi connectivity index (χ0v) is 19.6. The summed E-state index contributed by atoms with van der Waals surface area (Å²) in [6.07, 6.45) is 0. The molecule has 0 fully saturated rings. The lowest BCUT2D eigenvalue weighted by atomic mass is 10.2. The maximum Gasteiger partial charge on any atom is 0.266 e. The van der Waals surface area contributed by atoms with Crippen LogP contribution in [0.3, 0.4) is 0 Å². The van der Waals surface area contributed by atoms with Gasteiger partial charge in [-0.05, 0) is 61.9 Å². The number of amides is 1. The van der Waals surface area contributed by atoms with Gasteiger partial charge in [-0.15, -0.1) is 0 Å². The molecule has 0 radical (unpaired) electrons. The summed E-state index contributed by atoms with van der Waals surface area (Å²) in [6, 6.07) is 19.5. The predicted octanol–water partition coefficient (Wildman–Crippen LogP) is 6.12. The molecule has 0 saturated carbocycles. The fraction of sp³-hybridized carbons (Fsp3) is 0.125. The molecule has 1 aromatic heterocycles. The molecule has 3 aromatic carbocycles. The van der Waals surface area contributed by atoms with Crippen molar-refractivity contribution in [2.24, 2.45) is 0 Å². The van der Waals surface area contributed by atoms with E-state index in [0.29, 0.717) is 37.5 Å². The highest BCUT2D eigenvalue weighted by Gasteiger charge is 2.21. The maximum atomic E-state index is 13.4. The Morgan fingerprint density at radius 3 is 2.59 bits per heavy atom. The number of carbonyl (C=O) groups is 1. The van der Waals surface area contributed by atoms with Crippen LogP contribution in [0, 0.1) is 6.92 Å². The van der Waals surface area contributed by atoms with Crippen LogP contribution in [0.4, 0.5) is 5.69 Å². The van der Waals surface area contributed by atoms with Crippen LogP contribution in [0.25, 0.3) is 16.6 Å². The first-order valence-corrected chi connectivity index (χ1v) is 11.5. The molecule has 0 aliphatic carbocycles. The van der Waals surface area contributed by atoms with Crippen LogP contribution in [0.1, 0.15) is 12.5 Å². The van der Waals surface area contributed by atoms with E-state index in [-0.39, 0.29) is 11.5 Å². The first kappa shape index (κ1) is 22.4. The second-order valence-electron chi connectivity index (χ2n) is 7.20. The highest BCUT2D eigenvalue weighted by molar-refractivity contribution is 8.00. The number of aromatic nitrogens is 2. The summed E-state index contributed by atoms with van der Waals surface area (Å²) in [5.41, 5.74) is 2.34. The average Bonchev–Trinajstić information content (AvgIpc) is 2.76. The summed E-state index contributed by atoms with van der Waals surface area (Å²) in [5, 5.41) is 4.30. The van der Waals surface area contributed by atoms with Gasteiger partial charge in [-0.25, -0.2) is 4.98 Å². The molecule has 4 rings (SSSR count). The molecule has 0 saturated heterocycles. The van der Waals surface area contributed by atoms with Crippen LogP contribution in [-0.4, -0.2) is 20.7 Å². The quantitative estimate of drug-likeness (QED) is 0.274. The number of benzene rings is 3. The van der Waals surface area contributed by atoms with Crippen LogP contribution in [0.15, 0.2) is 76.7 Å². The Morgan fingerprint density at radius 2 is 1.81 bits per heavy atom. The third-order valence-corrected chi connectivity index (χ3v) is 6.67. The highest BCUT2D eigenvalue weighted by Crippen LogP contribution is 2.29. The van der Waals surface area contributed by atoms with Crippen LogP contribution in [-0.2, 0) is 4.79 Å². The number of anilines is 1. The van der Waals surface area contributed by atoms with Gasteiger partial charge in [0.15, 0.2) is 5.16 Å². The topological polar surface area (TPSA) is 64.0 Å². The Hall–Kier alpha value is -2.80. The number of halogens is 2. The lowest BCUT2D eigenvalue weighted by Gasteiger charge is -2.18. The summed E-state index contributed by atoms with van der Waals surface area (Å²) in [6.45, 7) is 3.62. The van der Waals surface area contributed by atoms with Crippen molar-refractivity contribution in [1.29, 1.82) is 0 Å². The van der Waals surface area contributed by atoms with Gasteiger partial charge in [-0.1, -0.05) is 59.2 Å². The van der Waals surface area contributed by atoms with Gasteiger partial charge in [-0.3, -0.25) is 14.2 Å². The second-order valence-corrected chi connectivity index (χ2v) is 9.35. The number of hydrogen-bond acceptors (Lipinski definition) is 4. The molecule has 32 heavy (non-hydrogen) atoms. The minimum atomic E-state index is -0.534. The van der Waals surface area contributed by atoms with E-state index in [1.807, 2.05) is 19.1 Å². The fourth-order valence-electron chi connectivity index (χ4n) is 3.26. The van der Waals surface area contributed by atoms with Crippen molar-refractivity contribution in [3.05, 3.63) is 92.7 Å². The third kappa shape index (κ3) is 4.53. The summed E-state index contributed by atoms with van der Waals surface area (Å²) in [7, 11) is 0. The van der Waals surface area contributed by atoms with E-state index in [0.717, 1.165) is 5.56 Å². The van der Waals surface area contributed by atoms with Gasteiger partial charge in [0.05, 0.1) is 21.8 Å². The van der Waals surface area contributed by atoms with E-state index in [9.17, 15) is 9.59 Å². The highest BCUT2D eigenvalue weighted by atomic mass is 35.5. The molecule has 0 bridgehead atoms. The number of rotatable bonds is 5. The average molecular weight is 484 g/mol. The summed E-state index contributed by atoms with van der Waals surface area (Å²) in [5.74, 6) is -0.228. The minimum Gasteiger partial charge on any atom is -0.325 e. The Kier molecular flexibility index (Phi) is 6.55. The molecule has 4 aromatic rings. The second kappa shape index (κ2) is 9.36. The number of nitrogens with zero attached hydrogens (tertiary/aromatic N) is 2. The third-order valence-electron chi connectivity index (χ3n) is 4.97. The van der Waals surface area contributed by atoms with Gasteiger partial charge in [0.2, 0.25) is 5.91 Å². The summed E-state index contributed by atoms with van der Waals surface area (Å²) in [4.78, 5) is 31.0. The number of thioether (sulfide) groups is 1. The normalized spacial score (nSPS) is 12.0. The number of nitrogens with one attached hydrogen (secondary N) is 1. The van der Waals surface area contributed by atoms with Crippen LogP contribution in [0.5, 0.6) is 0 Å². The van der Waals surface area contributed by atoms with Crippen LogP contribution < -0.4 is 10.9 Å². The molecule has 5 nitrogen and oxygen atoms in total. The molecular weight excluding hydrogens is 465 g/mol. The smallest absolute Gasteiger partial charge is 0.266 e. The number of fused-ring (bicyclic) bond motifs is 1. The Balaban J connectivity index is 1.76. The largest absolute Gasteiger partial charge is 0.325 e. The monoisotopic (exact) mass is 483 g/mol. The maximum absolute atomic E-state index is 13.4. The van der Waals surface area contributed by atoms with Crippen molar-refractivity contribution in [2.45, 2.75) is 24.3 Å². The van der Waals surface area contributed by atoms with E-state index in [1.165, 1.54) is 16.3 Å². The predicted molar refractivity (Wildman–Crippen MR) is 132 cm³/mol. The van der Waals surface area contributed by atoms with Gasteiger partial charge >= 0.3 is 0 Å². The molecule has 1 heterocycles. The van der Waals surface area contributed by atoms with Crippen LogP contribution in [0.2, 0.25) is 10.0 Å². The Labute approximate surface area is 199 Å². The molecule has 162 valence electrons. The SMILES string of the molecule is Cc1c(Cl)cccc1-n1c(S[C@@H](C)C(=O)Nc2cccc(Cl)c2)nc2ccccc2c1=O. The summed E-state index contributed by atoms with van der Waals surface area (Å²) < 4.78 is 1.53. The Morgan fingerprint density at radius 1 is 1.06 bits per heavy atom. The van der Waals surface area contributed by atoms with Crippen LogP contribution >= 0.6 is 35.0 Å². The van der Waals surface area contributed by atoms with Gasteiger partial charge in [-0.2, -0.15) is 0 Å². The number of para-hydroxylation sites is 1. The molecule has 1 atom stereocenters. The van der Waals surface area contributed by atoms with Crippen molar-refractivity contribution < 1.29 is 4.79 Å². The molecular formula is C24H19Cl2N3O2S. The standard InChI is InChI=1S/C24H19Cl2N3O2S/c1-14-19(26)10-6-12-21(14)29-23(31)18-9-3-4-11-20(18)28-24(29)32-15(2)22(30)27-17-8-5-7-16(25)13-17/h3-13,15H,1-2H3,(H,27,30)/t15-/m0/s1. The van der Waals surface area contributed by atoms with Gasteiger partial charge in [0.1, 0.15) is 0 Å². The van der Waals surface area contributed by atoms with E-state index < -0.39 is 5.25 Å². The molecule has 0 unspecified atom stereocenters. The zero-order valence-electron chi connectivity index (χ0n) is 17.3. The van der Waals surface area contributed by atoms with Crippen molar-refractivity contribution in [1.82, 2.24) is 9.55 Å². The Bertz CT molecular complexity index is 1390. The van der Waals surface area contributed by atoms with E-state index in [1.54, 1.807) is 61.5 Å². The molecule has 0 aliphatic heterocycles. The van der Waals surface area contributed by atoms with E-state index >= 15 is 0 Å². The van der Waals surface area contributed by atoms with E-state index in [4.69, 9.17) is 28.2 Å².